The van der Waals surface area contributed by atoms with Crippen molar-refractivity contribution in [3.8, 4) is 0 Å². The molecule has 1 fully saturated rings. The van der Waals surface area contributed by atoms with E-state index in [1.54, 1.807) is 0 Å². The number of amides is 1. The first-order chi connectivity index (χ1) is 16.0. The van der Waals surface area contributed by atoms with Crippen LogP contribution in [0.4, 0.5) is 8.78 Å². The highest BCUT2D eigenvalue weighted by Gasteiger charge is 2.49. The Labute approximate surface area is 198 Å². The molecule has 0 saturated carbocycles. The SMILES string of the molecule is NC(=O)C(c1ccccc1)(c1ccccc1)C1CCN(CCCSc2cc(F)cc(F)c2)C1. The summed E-state index contributed by atoms with van der Waals surface area (Å²) in [4.78, 5) is 16.1. The van der Waals surface area contributed by atoms with E-state index in [1.807, 2.05) is 60.7 Å². The molecule has 4 rings (SSSR count). The molecule has 6 heteroatoms. The Morgan fingerprint density at radius 3 is 2.09 bits per heavy atom. The Bertz CT molecular complexity index is 1020. The van der Waals surface area contributed by atoms with Crippen molar-refractivity contribution >= 4 is 17.7 Å². The molecule has 1 aliphatic heterocycles. The molecule has 0 radical (unpaired) electrons. The number of rotatable bonds is 9. The number of carbonyl (C=O) groups is 1. The van der Waals surface area contributed by atoms with E-state index in [-0.39, 0.29) is 11.8 Å². The maximum atomic E-state index is 13.4. The second-order valence-corrected chi connectivity index (χ2v) is 9.67. The Morgan fingerprint density at radius 1 is 0.970 bits per heavy atom. The Kier molecular flexibility index (Phi) is 7.46. The van der Waals surface area contributed by atoms with Gasteiger partial charge in [0.05, 0.1) is 0 Å². The largest absolute Gasteiger partial charge is 0.369 e. The van der Waals surface area contributed by atoms with Gasteiger partial charge in [-0.25, -0.2) is 8.78 Å². The topological polar surface area (TPSA) is 46.3 Å². The molecule has 2 N–H and O–H groups in total. The predicted octanol–water partition coefficient (Wildman–Crippen LogP) is 5.24. The van der Waals surface area contributed by atoms with Gasteiger partial charge in [0.15, 0.2) is 0 Å². The van der Waals surface area contributed by atoms with Crippen LogP contribution in [0.25, 0.3) is 0 Å². The van der Waals surface area contributed by atoms with Crippen LogP contribution in [-0.2, 0) is 10.2 Å². The number of benzene rings is 3. The van der Waals surface area contributed by atoms with Crippen molar-refractivity contribution in [1.29, 1.82) is 0 Å². The quantitative estimate of drug-likeness (QED) is 0.347. The zero-order valence-corrected chi connectivity index (χ0v) is 19.2. The van der Waals surface area contributed by atoms with Crippen molar-refractivity contribution in [1.82, 2.24) is 4.90 Å². The lowest BCUT2D eigenvalue weighted by Gasteiger charge is -2.37. The van der Waals surface area contributed by atoms with Crippen molar-refractivity contribution in [3.63, 3.8) is 0 Å². The van der Waals surface area contributed by atoms with E-state index < -0.39 is 17.0 Å². The third-order valence-corrected chi connectivity index (χ3v) is 7.52. The van der Waals surface area contributed by atoms with Gasteiger partial charge in [-0.3, -0.25) is 4.79 Å². The molecule has 0 bridgehead atoms. The van der Waals surface area contributed by atoms with Crippen LogP contribution in [0.2, 0.25) is 0 Å². The second kappa shape index (κ2) is 10.5. The lowest BCUT2D eigenvalue weighted by atomic mass is 9.64. The van der Waals surface area contributed by atoms with Crippen LogP contribution in [0.5, 0.6) is 0 Å². The lowest BCUT2D eigenvalue weighted by molar-refractivity contribution is -0.123. The normalized spacial score (nSPS) is 16.7. The third-order valence-electron chi connectivity index (χ3n) is 6.46. The zero-order valence-electron chi connectivity index (χ0n) is 18.4. The van der Waals surface area contributed by atoms with Crippen LogP contribution in [0.15, 0.2) is 83.8 Å². The predicted molar refractivity (Wildman–Crippen MR) is 129 cm³/mol. The molecular formula is C27H28F2N2OS. The Hall–Kier alpha value is -2.70. The summed E-state index contributed by atoms with van der Waals surface area (Å²) in [5, 5.41) is 0. The molecule has 3 aromatic rings. The molecule has 1 aliphatic rings. The molecule has 0 spiro atoms. The van der Waals surface area contributed by atoms with Crippen LogP contribution in [0.1, 0.15) is 24.0 Å². The van der Waals surface area contributed by atoms with Gasteiger partial charge in [-0.15, -0.1) is 11.8 Å². The van der Waals surface area contributed by atoms with Crippen LogP contribution in [-0.4, -0.2) is 36.2 Å². The number of hydrogen-bond donors (Lipinski definition) is 1. The molecule has 0 aromatic heterocycles. The van der Waals surface area contributed by atoms with Gasteiger partial charge in [0, 0.05) is 17.5 Å². The molecule has 1 atom stereocenters. The third kappa shape index (κ3) is 5.12. The van der Waals surface area contributed by atoms with Crippen LogP contribution < -0.4 is 5.73 Å². The number of nitrogens with two attached hydrogens (primary N) is 1. The second-order valence-electron chi connectivity index (χ2n) is 8.50. The first-order valence-electron chi connectivity index (χ1n) is 11.2. The summed E-state index contributed by atoms with van der Waals surface area (Å²) in [6.07, 6.45) is 1.75. The number of primary amides is 1. The Morgan fingerprint density at radius 2 is 1.55 bits per heavy atom. The number of likely N-dealkylation sites (tertiary alicyclic amines) is 1. The van der Waals surface area contributed by atoms with E-state index >= 15 is 0 Å². The minimum atomic E-state index is -0.884. The van der Waals surface area contributed by atoms with Gasteiger partial charge in [0.25, 0.3) is 0 Å². The fraction of sp³-hybridized carbons (Fsp3) is 0.296. The van der Waals surface area contributed by atoms with Gasteiger partial charge in [0.1, 0.15) is 17.0 Å². The number of nitrogens with zero attached hydrogens (tertiary/aromatic N) is 1. The van der Waals surface area contributed by atoms with E-state index in [4.69, 9.17) is 5.73 Å². The molecule has 1 unspecified atom stereocenters. The number of hydrogen-bond acceptors (Lipinski definition) is 3. The van der Waals surface area contributed by atoms with E-state index in [0.29, 0.717) is 4.90 Å². The molecule has 3 nitrogen and oxygen atoms in total. The first kappa shape index (κ1) is 23.5. The molecule has 1 saturated heterocycles. The standard InChI is InChI=1S/C27H28F2N2OS/c28-23-16-24(29)18-25(17-23)33-15-7-13-31-14-12-22(19-31)27(26(30)32,20-8-3-1-4-9-20)21-10-5-2-6-11-21/h1-6,8-11,16-18,22H,7,12-15,19H2,(H2,30,32). The Balaban J connectivity index is 1.46. The van der Waals surface area contributed by atoms with Crippen molar-refractivity contribution in [2.75, 3.05) is 25.4 Å². The van der Waals surface area contributed by atoms with Gasteiger partial charge >= 0.3 is 0 Å². The average molecular weight is 467 g/mol. The zero-order chi connectivity index (χ0) is 23.3. The van der Waals surface area contributed by atoms with Crippen LogP contribution in [0, 0.1) is 17.6 Å². The van der Waals surface area contributed by atoms with E-state index in [9.17, 15) is 13.6 Å². The molecule has 1 heterocycles. The van der Waals surface area contributed by atoms with Crippen molar-refractivity contribution < 1.29 is 13.6 Å². The minimum Gasteiger partial charge on any atom is -0.369 e. The minimum absolute atomic E-state index is 0.0600. The van der Waals surface area contributed by atoms with Gasteiger partial charge < -0.3 is 10.6 Å². The molecule has 172 valence electrons. The van der Waals surface area contributed by atoms with Gasteiger partial charge in [-0.2, -0.15) is 0 Å². The summed E-state index contributed by atoms with van der Waals surface area (Å²) in [5.41, 5.74) is 7.13. The highest BCUT2D eigenvalue weighted by molar-refractivity contribution is 7.99. The summed E-state index contributed by atoms with van der Waals surface area (Å²) in [6, 6.07) is 23.3. The van der Waals surface area contributed by atoms with E-state index in [0.717, 1.165) is 55.4 Å². The van der Waals surface area contributed by atoms with Crippen molar-refractivity contribution in [3.05, 3.63) is 102 Å². The summed E-state index contributed by atoms with van der Waals surface area (Å²) in [5.74, 6) is -0.600. The maximum Gasteiger partial charge on any atom is 0.232 e. The number of thioether (sulfide) groups is 1. The lowest BCUT2D eigenvalue weighted by Crippen LogP contribution is -2.49. The van der Waals surface area contributed by atoms with Gasteiger partial charge in [-0.1, -0.05) is 60.7 Å². The molecule has 33 heavy (non-hydrogen) atoms. The van der Waals surface area contributed by atoms with Crippen molar-refractivity contribution in [2.24, 2.45) is 11.7 Å². The summed E-state index contributed by atoms with van der Waals surface area (Å²) < 4.78 is 26.8. The van der Waals surface area contributed by atoms with Crippen LogP contribution >= 0.6 is 11.8 Å². The van der Waals surface area contributed by atoms with Gasteiger partial charge in [0.2, 0.25) is 5.91 Å². The fourth-order valence-electron chi connectivity index (χ4n) is 5.01. The molecule has 1 amide bonds. The summed E-state index contributed by atoms with van der Waals surface area (Å²) >= 11 is 1.46. The average Bonchev–Trinajstić information content (AvgIpc) is 3.27. The molecule has 3 aromatic carbocycles. The van der Waals surface area contributed by atoms with Gasteiger partial charge in [-0.05, 0) is 60.9 Å². The van der Waals surface area contributed by atoms with Crippen molar-refractivity contribution in [2.45, 2.75) is 23.2 Å². The number of halogens is 2. The first-order valence-corrected chi connectivity index (χ1v) is 12.2. The fourth-order valence-corrected chi connectivity index (χ4v) is 5.91. The molecular weight excluding hydrogens is 438 g/mol. The molecule has 0 aliphatic carbocycles. The highest BCUT2D eigenvalue weighted by atomic mass is 32.2. The summed E-state index contributed by atoms with van der Waals surface area (Å²) in [7, 11) is 0. The highest BCUT2D eigenvalue weighted by Crippen LogP contribution is 2.43. The number of carbonyl (C=O) groups excluding carboxylic acids is 1. The summed E-state index contributed by atoms with van der Waals surface area (Å²) in [6.45, 7) is 2.52. The van der Waals surface area contributed by atoms with Crippen LogP contribution in [0.3, 0.4) is 0 Å². The van der Waals surface area contributed by atoms with E-state index in [1.165, 1.54) is 23.9 Å². The maximum absolute atomic E-state index is 13.4. The smallest absolute Gasteiger partial charge is 0.232 e. The monoisotopic (exact) mass is 466 g/mol. The van der Waals surface area contributed by atoms with E-state index in [2.05, 4.69) is 4.90 Å².